The van der Waals surface area contributed by atoms with Crippen LogP contribution in [0.4, 0.5) is 5.69 Å². The monoisotopic (exact) mass is 885 g/mol. The number of nitrogens with one attached hydrogen (secondary N) is 1. The van der Waals surface area contributed by atoms with Crippen molar-refractivity contribution in [2.75, 3.05) is 5.32 Å². The van der Waals surface area contributed by atoms with Gasteiger partial charge < -0.3 is 5.32 Å². The number of aromatic nitrogens is 2. The second-order valence-electron chi connectivity index (χ2n) is 12.7. The van der Waals surface area contributed by atoms with Crippen LogP contribution in [-0.4, -0.2) is 28.4 Å². The number of amides is 1. The van der Waals surface area contributed by atoms with Crippen LogP contribution in [0.1, 0.15) is 27.0 Å². The minimum absolute atomic E-state index is 0.0666. The molecule has 0 unspecified atom stereocenters. The third kappa shape index (κ3) is 10.8. The van der Waals surface area contributed by atoms with E-state index in [0.29, 0.717) is 5.56 Å². The van der Waals surface area contributed by atoms with Gasteiger partial charge in [-0.3, -0.25) is 13.9 Å². The molecule has 7 nitrogen and oxygen atoms in total. The van der Waals surface area contributed by atoms with Gasteiger partial charge in [-0.15, -0.1) is 0 Å². The molecule has 1 aromatic heterocycles. The first kappa shape index (κ1) is 40.0. The molecule has 0 saturated carbocycles. The molecule has 10 heteroatoms. The molecule has 0 radical (unpaired) electrons. The van der Waals surface area contributed by atoms with Crippen molar-refractivity contribution in [3.8, 4) is 17.1 Å². The predicted octanol–water partition coefficient (Wildman–Crippen LogP) is 12.0. The Morgan fingerprint density at radius 1 is 0.679 bits per heavy atom. The second kappa shape index (κ2) is 18.8. The van der Waals surface area contributed by atoms with Crippen LogP contribution in [0.25, 0.3) is 28.1 Å². The number of carbonyl (C=O) groups excluding carboxylic acids is 1. The number of nitrogens with zero attached hydrogens (tertiary/aromatic N) is 2. The first-order valence-electron chi connectivity index (χ1n) is 17.6. The van der Waals surface area contributed by atoms with Gasteiger partial charge in [0.2, 0.25) is 0 Å². The van der Waals surface area contributed by atoms with Crippen molar-refractivity contribution >= 4 is 64.6 Å². The van der Waals surface area contributed by atoms with Crippen LogP contribution in [0.3, 0.4) is 0 Å². The number of hydrogen-bond donors (Lipinski definition) is 2. The second-order valence-corrected chi connectivity index (χ2v) is 15.9. The molecule has 280 valence electrons. The quantitative estimate of drug-likeness (QED) is 0.155. The van der Waals surface area contributed by atoms with Crippen LogP contribution < -0.4 is 5.32 Å². The molecule has 0 saturated heterocycles. The van der Waals surface area contributed by atoms with E-state index in [0.717, 1.165) is 60.3 Å². The third-order valence-corrected chi connectivity index (χ3v) is 10.4. The van der Waals surface area contributed by atoms with Crippen molar-refractivity contribution in [1.29, 1.82) is 0 Å². The van der Waals surface area contributed by atoms with Gasteiger partial charge in [0, 0.05) is 31.4 Å². The fraction of sp³-hybridized carbons (Fsp3) is 0.0435. The summed E-state index contributed by atoms with van der Waals surface area (Å²) >= 11 is 7.01. The normalized spacial score (nSPS) is 10.8. The summed E-state index contributed by atoms with van der Waals surface area (Å²) in [5.41, 5.74) is 9.05. The van der Waals surface area contributed by atoms with E-state index in [9.17, 15) is 13.2 Å². The maximum atomic E-state index is 12.4. The largest absolute Gasteiger partial charge is 0.322 e. The van der Waals surface area contributed by atoms with Gasteiger partial charge in [-0.25, -0.2) is 4.98 Å². The molecule has 0 aliphatic carbocycles. The Hall–Kier alpha value is -5.65. The zero-order valence-corrected chi connectivity index (χ0v) is 34.2. The molecular weight excluding hydrogens is 850 g/mol. The van der Waals surface area contributed by atoms with Gasteiger partial charge in [0.1, 0.15) is 5.82 Å². The summed E-state index contributed by atoms with van der Waals surface area (Å²) in [7, 11) is -4.02. The lowest BCUT2D eigenvalue weighted by atomic mass is 10.0. The number of fused-ring (bicyclic) bond motifs is 1. The molecule has 0 atom stereocenters. The Labute approximate surface area is 343 Å². The molecule has 0 fully saturated rings. The Morgan fingerprint density at radius 3 is 1.86 bits per heavy atom. The van der Waals surface area contributed by atoms with Crippen LogP contribution >= 0.6 is 31.9 Å². The van der Waals surface area contributed by atoms with Crippen molar-refractivity contribution in [2.45, 2.75) is 18.2 Å². The van der Waals surface area contributed by atoms with E-state index in [-0.39, 0.29) is 10.8 Å². The number of imidazole rings is 1. The van der Waals surface area contributed by atoms with E-state index in [1.807, 2.05) is 97.9 Å². The van der Waals surface area contributed by atoms with Gasteiger partial charge in [-0.2, -0.15) is 8.42 Å². The van der Waals surface area contributed by atoms with E-state index >= 15 is 0 Å². The molecule has 7 aromatic carbocycles. The molecule has 0 aliphatic heterocycles. The lowest BCUT2D eigenvalue weighted by Gasteiger charge is -2.12. The van der Waals surface area contributed by atoms with Crippen LogP contribution in [0, 0.1) is 6.92 Å². The molecule has 1 amide bonds. The van der Waals surface area contributed by atoms with Crippen LogP contribution in [0.2, 0.25) is 0 Å². The van der Waals surface area contributed by atoms with Gasteiger partial charge in [-0.05, 0) is 91.2 Å². The standard InChI is InChI=1S/C20H16BrNO.C19H13BrN2.C7H8O3S/c21-18-12-11-17(13-15-7-3-1-4-8-15)19(14-18)22-20(23)16-9-5-2-6-10-16;20-15-11-12-18-17(13-15)21-19(14-7-3-1-4-8-14)22(18)16-9-5-2-6-10-16;1-6-2-4-7(5-3-6)11(8,9)10/h1-12,14H,13H2,(H,22,23);1-13H;2-5H,1H3,(H,8,9,10). The van der Waals surface area contributed by atoms with Crippen molar-refractivity contribution in [1.82, 2.24) is 9.55 Å². The van der Waals surface area contributed by atoms with Gasteiger partial charge in [-0.1, -0.05) is 153 Å². The van der Waals surface area contributed by atoms with Gasteiger partial charge in [0.05, 0.1) is 15.9 Å². The topological polar surface area (TPSA) is 101 Å². The summed E-state index contributed by atoms with van der Waals surface area (Å²) in [4.78, 5) is 17.2. The Morgan fingerprint density at radius 2 is 1.23 bits per heavy atom. The van der Waals surface area contributed by atoms with Crippen molar-refractivity contribution in [3.05, 3.63) is 213 Å². The summed E-state index contributed by atoms with van der Waals surface area (Å²) in [6.07, 6.45) is 0.776. The zero-order chi connectivity index (χ0) is 39.5. The van der Waals surface area contributed by atoms with E-state index in [2.05, 4.69) is 108 Å². The third-order valence-electron chi connectivity index (χ3n) is 8.58. The number of para-hydroxylation sites is 1. The van der Waals surface area contributed by atoms with Gasteiger partial charge >= 0.3 is 0 Å². The highest BCUT2D eigenvalue weighted by atomic mass is 79.9. The molecule has 0 spiro atoms. The molecule has 8 aromatic rings. The molecule has 1 heterocycles. The van der Waals surface area contributed by atoms with E-state index in [4.69, 9.17) is 9.54 Å². The SMILES string of the molecule is Brc1ccc2c(c1)nc(-c1ccccc1)n2-c1ccccc1.Cc1ccc(S(=O)(=O)O)cc1.O=C(Nc1cc(Br)ccc1Cc1ccccc1)c1ccccc1. The fourth-order valence-electron chi connectivity index (χ4n) is 5.80. The number of carbonyl (C=O) groups is 1. The number of rotatable bonds is 7. The lowest BCUT2D eigenvalue weighted by Crippen LogP contribution is -2.13. The summed E-state index contributed by atoms with van der Waals surface area (Å²) in [5.74, 6) is 0.859. The number of benzene rings is 7. The fourth-order valence-corrected chi connectivity index (χ4v) is 6.99. The average molecular weight is 888 g/mol. The van der Waals surface area contributed by atoms with Crippen LogP contribution in [-0.2, 0) is 16.5 Å². The smallest absolute Gasteiger partial charge is 0.294 e. The van der Waals surface area contributed by atoms with E-state index in [1.165, 1.54) is 17.7 Å². The zero-order valence-electron chi connectivity index (χ0n) is 30.3. The van der Waals surface area contributed by atoms with E-state index < -0.39 is 10.1 Å². The number of aryl methyl sites for hydroxylation is 1. The molecule has 0 aliphatic rings. The molecular formula is C46H37Br2N3O4S. The number of anilines is 1. The predicted molar refractivity (Wildman–Crippen MR) is 233 cm³/mol. The van der Waals surface area contributed by atoms with Crippen molar-refractivity contribution in [2.24, 2.45) is 0 Å². The van der Waals surface area contributed by atoms with Gasteiger partial charge in [0.15, 0.2) is 0 Å². The molecule has 2 N–H and O–H groups in total. The summed E-state index contributed by atoms with van der Waals surface area (Å²) in [6, 6.07) is 58.3. The first-order valence-corrected chi connectivity index (χ1v) is 20.6. The average Bonchev–Trinajstić information content (AvgIpc) is 3.59. The molecule has 56 heavy (non-hydrogen) atoms. The first-order chi connectivity index (χ1) is 27.0. The van der Waals surface area contributed by atoms with Crippen molar-refractivity contribution in [3.63, 3.8) is 0 Å². The highest BCUT2D eigenvalue weighted by molar-refractivity contribution is 9.10. The highest BCUT2D eigenvalue weighted by Gasteiger charge is 2.14. The maximum absolute atomic E-state index is 12.4. The van der Waals surface area contributed by atoms with E-state index in [1.54, 1.807) is 12.1 Å². The van der Waals surface area contributed by atoms with Crippen molar-refractivity contribution < 1.29 is 17.8 Å². The van der Waals surface area contributed by atoms with Crippen LogP contribution in [0.5, 0.6) is 0 Å². The summed E-state index contributed by atoms with van der Waals surface area (Å²) < 4.78 is 33.7. The highest BCUT2D eigenvalue weighted by Crippen LogP contribution is 2.30. The summed E-state index contributed by atoms with van der Waals surface area (Å²) in [5, 5.41) is 3.02. The molecule has 0 bridgehead atoms. The number of halogens is 2. The Kier molecular flexibility index (Phi) is 13.4. The molecule has 8 rings (SSSR count). The minimum Gasteiger partial charge on any atom is -0.322 e. The Balaban J connectivity index is 0.000000151. The summed E-state index contributed by atoms with van der Waals surface area (Å²) in [6.45, 7) is 1.84. The lowest BCUT2D eigenvalue weighted by molar-refractivity contribution is 0.102. The van der Waals surface area contributed by atoms with Crippen LogP contribution in [0.15, 0.2) is 196 Å². The maximum Gasteiger partial charge on any atom is 0.294 e. The van der Waals surface area contributed by atoms with Gasteiger partial charge in [0.25, 0.3) is 16.0 Å². The number of hydrogen-bond acceptors (Lipinski definition) is 4. The minimum atomic E-state index is -4.02. The Bertz CT molecular complexity index is 2640.